The van der Waals surface area contributed by atoms with Gasteiger partial charge in [0, 0.05) is 12.4 Å². The molecule has 13 heavy (non-hydrogen) atoms. The third kappa shape index (κ3) is 3.85. The van der Waals surface area contributed by atoms with Gasteiger partial charge in [-0.1, -0.05) is 17.7 Å². The first-order chi connectivity index (χ1) is 6.33. The molecule has 2 heteroatoms. The van der Waals surface area contributed by atoms with Crippen LogP contribution >= 0.6 is 0 Å². The van der Waals surface area contributed by atoms with E-state index in [1.807, 2.05) is 12.3 Å². The van der Waals surface area contributed by atoms with Gasteiger partial charge in [0.1, 0.15) is 0 Å². The lowest BCUT2D eigenvalue weighted by Gasteiger charge is -2.00. The average Bonchev–Trinajstić information content (AvgIpc) is 2.16. The first-order valence-corrected chi connectivity index (χ1v) is 4.57. The van der Waals surface area contributed by atoms with Crippen molar-refractivity contribution >= 4 is 0 Å². The fraction of sp³-hybridized carbons (Fsp3) is 0.364. The monoisotopic (exact) mass is 176 g/mol. The van der Waals surface area contributed by atoms with Crippen LogP contribution in [-0.4, -0.2) is 11.5 Å². The Bertz CT molecular complexity index is 265. The van der Waals surface area contributed by atoms with Crippen LogP contribution in [0.2, 0.25) is 0 Å². The molecule has 2 N–H and O–H groups in total. The van der Waals surface area contributed by atoms with Gasteiger partial charge in [-0.2, -0.15) is 0 Å². The maximum atomic E-state index is 5.41. The Balaban J connectivity index is 2.50. The van der Waals surface area contributed by atoms with Gasteiger partial charge >= 0.3 is 0 Å². The number of aromatic nitrogens is 1. The van der Waals surface area contributed by atoms with Gasteiger partial charge in [0.2, 0.25) is 0 Å². The Morgan fingerprint density at radius 2 is 2.46 bits per heavy atom. The number of nitrogens with zero attached hydrogens (tertiary/aromatic N) is 1. The minimum absolute atomic E-state index is 0.727. The second-order valence-corrected chi connectivity index (χ2v) is 3.17. The molecule has 1 heterocycles. The average molecular weight is 176 g/mol. The molecule has 2 nitrogen and oxygen atoms in total. The molecule has 70 valence electrons. The van der Waals surface area contributed by atoms with E-state index in [4.69, 9.17) is 5.73 Å². The fourth-order valence-corrected chi connectivity index (χ4v) is 1.23. The Hall–Kier alpha value is -1.15. The maximum absolute atomic E-state index is 5.41. The molecule has 0 aliphatic heterocycles. The molecule has 0 atom stereocenters. The lowest BCUT2D eigenvalue weighted by atomic mass is 10.1. The van der Waals surface area contributed by atoms with Gasteiger partial charge < -0.3 is 5.73 Å². The smallest absolute Gasteiger partial charge is 0.0303 e. The van der Waals surface area contributed by atoms with Crippen LogP contribution in [0.15, 0.2) is 36.2 Å². The highest BCUT2D eigenvalue weighted by Crippen LogP contribution is 2.05. The van der Waals surface area contributed by atoms with Crippen LogP contribution in [0.5, 0.6) is 0 Å². The quantitative estimate of drug-likeness (QED) is 0.712. The molecule has 0 fully saturated rings. The lowest BCUT2D eigenvalue weighted by Crippen LogP contribution is -1.96. The van der Waals surface area contributed by atoms with Crippen molar-refractivity contribution in [3.63, 3.8) is 0 Å². The van der Waals surface area contributed by atoms with Crippen molar-refractivity contribution in [1.82, 2.24) is 4.98 Å². The van der Waals surface area contributed by atoms with Crippen LogP contribution in [-0.2, 0) is 6.42 Å². The first kappa shape index (κ1) is 9.93. The van der Waals surface area contributed by atoms with Crippen molar-refractivity contribution in [3.8, 4) is 0 Å². The van der Waals surface area contributed by atoms with Crippen molar-refractivity contribution in [2.24, 2.45) is 5.73 Å². The van der Waals surface area contributed by atoms with Crippen LogP contribution in [0.4, 0.5) is 0 Å². The molecule has 0 aromatic carbocycles. The van der Waals surface area contributed by atoms with Gasteiger partial charge in [0.15, 0.2) is 0 Å². The Morgan fingerprint density at radius 1 is 1.62 bits per heavy atom. The molecule has 0 saturated heterocycles. The summed E-state index contributed by atoms with van der Waals surface area (Å²) < 4.78 is 0. The van der Waals surface area contributed by atoms with Crippen molar-refractivity contribution in [2.75, 3.05) is 6.54 Å². The summed E-state index contributed by atoms with van der Waals surface area (Å²) in [6.07, 6.45) is 7.83. The zero-order chi connectivity index (χ0) is 9.52. The van der Waals surface area contributed by atoms with Crippen molar-refractivity contribution < 1.29 is 0 Å². The minimum atomic E-state index is 0.727. The van der Waals surface area contributed by atoms with Crippen LogP contribution in [0.3, 0.4) is 0 Å². The van der Waals surface area contributed by atoms with Gasteiger partial charge in [-0.05, 0) is 37.9 Å². The maximum Gasteiger partial charge on any atom is 0.0303 e. The number of rotatable bonds is 4. The SMILES string of the molecule is C/C(=C/CCN)Cc1cccnc1. The zero-order valence-corrected chi connectivity index (χ0v) is 8.03. The van der Waals surface area contributed by atoms with Gasteiger partial charge in [0.05, 0.1) is 0 Å². The lowest BCUT2D eigenvalue weighted by molar-refractivity contribution is 0.979. The van der Waals surface area contributed by atoms with E-state index in [-0.39, 0.29) is 0 Å². The van der Waals surface area contributed by atoms with Crippen LogP contribution < -0.4 is 5.73 Å². The third-order valence-corrected chi connectivity index (χ3v) is 1.87. The number of allylic oxidation sites excluding steroid dienone is 1. The molecular formula is C11H16N2. The molecule has 0 amide bonds. The highest BCUT2D eigenvalue weighted by Gasteiger charge is 1.92. The molecule has 0 saturated carbocycles. The summed E-state index contributed by atoms with van der Waals surface area (Å²) in [7, 11) is 0. The summed E-state index contributed by atoms with van der Waals surface area (Å²) in [6, 6.07) is 4.05. The zero-order valence-electron chi connectivity index (χ0n) is 8.03. The molecule has 0 radical (unpaired) electrons. The molecule has 1 aromatic rings. The van der Waals surface area contributed by atoms with Crippen LogP contribution in [0.25, 0.3) is 0 Å². The first-order valence-electron chi connectivity index (χ1n) is 4.57. The summed E-state index contributed by atoms with van der Waals surface area (Å²) in [6.45, 7) is 2.85. The van der Waals surface area contributed by atoms with Crippen LogP contribution in [0, 0.1) is 0 Å². The highest BCUT2D eigenvalue weighted by molar-refractivity contribution is 5.17. The topological polar surface area (TPSA) is 38.9 Å². The Labute approximate surface area is 79.5 Å². The van der Waals surface area contributed by atoms with Gasteiger partial charge in [-0.3, -0.25) is 4.98 Å². The van der Waals surface area contributed by atoms with E-state index >= 15 is 0 Å². The Morgan fingerprint density at radius 3 is 3.08 bits per heavy atom. The van der Waals surface area contributed by atoms with Gasteiger partial charge in [0.25, 0.3) is 0 Å². The molecule has 1 rings (SSSR count). The summed E-state index contributed by atoms with van der Waals surface area (Å²) >= 11 is 0. The molecule has 0 aliphatic carbocycles. The van der Waals surface area contributed by atoms with E-state index < -0.39 is 0 Å². The van der Waals surface area contributed by atoms with Crippen molar-refractivity contribution in [3.05, 3.63) is 41.7 Å². The van der Waals surface area contributed by atoms with Gasteiger partial charge in [-0.15, -0.1) is 0 Å². The summed E-state index contributed by atoms with van der Waals surface area (Å²) in [5, 5.41) is 0. The molecule has 0 unspecified atom stereocenters. The van der Waals surface area contributed by atoms with E-state index in [9.17, 15) is 0 Å². The predicted octanol–water partition coefficient (Wildman–Crippen LogP) is 1.92. The molecule has 0 bridgehead atoms. The Kier molecular flexibility index (Phi) is 4.19. The normalized spacial score (nSPS) is 11.7. The van der Waals surface area contributed by atoms with Crippen LogP contribution in [0.1, 0.15) is 18.9 Å². The number of nitrogens with two attached hydrogens (primary N) is 1. The third-order valence-electron chi connectivity index (χ3n) is 1.87. The summed E-state index contributed by atoms with van der Waals surface area (Å²) in [5.74, 6) is 0. The van der Waals surface area contributed by atoms with Crippen molar-refractivity contribution in [1.29, 1.82) is 0 Å². The van der Waals surface area contributed by atoms with E-state index in [1.54, 1.807) is 6.20 Å². The van der Waals surface area contributed by atoms with E-state index in [2.05, 4.69) is 24.1 Å². The van der Waals surface area contributed by atoms with E-state index in [1.165, 1.54) is 11.1 Å². The van der Waals surface area contributed by atoms with Crippen molar-refractivity contribution in [2.45, 2.75) is 19.8 Å². The number of pyridine rings is 1. The van der Waals surface area contributed by atoms with E-state index in [0.717, 1.165) is 19.4 Å². The molecular weight excluding hydrogens is 160 g/mol. The standard InChI is InChI=1S/C11H16N2/c1-10(4-2-6-12)8-11-5-3-7-13-9-11/h3-5,7,9H,2,6,8,12H2,1H3/b10-4-. The van der Waals surface area contributed by atoms with Gasteiger partial charge in [-0.25, -0.2) is 0 Å². The molecule has 1 aromatic heterocycles. The minimum Gasteiger partial charge on any atom is -0.330 e. The van der Waals surface area contributed by atoms with E-state index in [0.29, 0.717) is 0 Å². The second kappa shape index (κ2) is 5.49. The summed E-state index contributed by atoms with van der Waals surface area (Å²) in [4.78, 5) is 4.07. The fourth-order valence-electron chi connectivity index (χ4n) is 1.23. The number of hydrogen-bond acceptors (Lipinski definition) is 2. The largest absolute Gasteiger partial charge is 0.330 e. The number of hydrogen-bond donors (Lipinski definition) is 1. The second-order valence-electron chi connectivity index (χ2n) is 3.17. The summed E-state index contributed by atoms with van der Waals surface area (Å²) in [5.41, 5.74) is 8.03. The molecule has 0 spiro atoms. The predicted molar refractivity (Wildman–Crippen MR) is 55.4 cm³/mol. The highest BCUT2D eigenvalue weighted by atomic mass is 14.6. The molecule has 0 aliphatic rings.